The highest BCUT2D eigenvalue weighted by atomic mass is 32.1. The molecule has 1 aromatic rings. The van der Waals surface area contributed by atoms with Gasteiger partial charge in [-0.3, -0.25) is 0 Å². The van der Waals surface area contributed by atoms with Crippen molar-refractivity contribution in [2.75, 3.05) is 6.54 Å². The van der Waals surface area contributed by atoms with Crippen LogP contribution in [0.15, 0.2) is 10.9 Å². The number of hydrogen-bond donors (Lipinski definition) is 1. The molecule has 0 saturated heterocycles. The molecule has 1 rings (SSSR count). The molecule has 1 aromatic heterocycles. The molecule has 0 bridgehead atoms. The quantitative estimate of drug-likeness (QED) is 0.787. The van der Waals surface area contributed by atoms with Crippen LogP contribution in [0.4, 0.5) is 0 Å². The van der Waals surface area contributed by atoms with Crippen molar-refractivity contribution in [1.29, 1.82) is 0 Å². The smallest absolute Gasteiger partial charge is 0.0795 e. The van der Waals surface area contributed by atoms with Crippen molar-refractivity contribution in [3.8, 4) is 0 Å². The number of nitrogens with zero attached hydrogens (tertiary/aromatic N) is 1. The van der Waals surface area contributed by atoms with Gasteiger partial charge in [0, 0.05) is 5.38 Å². The Hall–Kier alpha value is -0.410. The zero-order valence-corrected chi connectivity index (χ0v) is 9.40. The van der Waals surface area contributed by atoms with E-state index in [-0.39, 0.29) is 0 Å². The van der Waals surface area contributed by atoms with Crippen LogP contribution in [0.2, 0.25) is 0 Å². The predicted octanol–water partition coefficient (Wildman–Crippen LogP) is 2.84. The van der Waals surface area contributed by atoms with Crippen LogP contribution in [0, 0.1) is 5.92 Å². The molecular formula is C10H18N2S. The average molecular weight is 198 g/mol. The lowest BCUT2D eigenvalue weighted by Crippen LogP contribution is -2.26. The Morgan fingerprint density at radius 1 is 1.54 bits per heavy atom. The number of rotatable bonds is 5. The second kappa shape index (κ2) is 5.35. The molecule has 0 aliphatic rings. The molecule has 0 aliphatic carbocycles. The van der Waals surface area contributed by atoms with Crippen molar-refractivity contribution in [3.63, 3.8) is 0 Å². The summed E-state index contributed by atoms with van der Waals surface area (Å²) in [7, 11) is 0. The summed E-state index contributed by atoms with van der Waals surface area (Å²) in [5.74, 6) is 0.605. The summed E-state index contributed by atoms with van der Waals surface area (Å²) in [6.07, 6.45) is 1.17. The van der Waals surface area contributed by atoms with E-state index < -0.39 is 0 Å². The average Bonchev–Trinajstić information content (AvgIpc) is 2.57. The highest BCUT2D eigenvalue weighted by molar-refractivity contribution is 7.07. The lowest BCUT2D eigenvalue weighted by molar-refractivity contribution is 0.406. The SMILES string of the molecule is CCCNC(c1cscn1)C(C)C. The first-order valence-electron chi connectivity index (χ1n) is 4.87. The van der Waals surface area contributed by atoms with Crippen molar-refractivity contribution in [3.05, 3.63) is 16.6 Å². The largest absolute Gasteiger partial charge is 0.308 e. The predicted molar refractivity (Wildman–Crippen MR) is 58.0 cm³/mol. The van der Waals surface area contributed by atoms with Gasteiger partial charge in [-0.1, -0.05) is 20.8 Å². The van der Waals surface area contributed by atoms with Crippen molar-refractivity contribution >= 4 is 11.3 Å². The third-order valence-corrected chi connectivity index (χ3v) is 2.66. The van der Waals surface area contributed by atoms with Gasteiger partial charge in [0.15, 0.2) is 0 Å². The molecule has 1 unspecified atom stereocenters. The second-order valence-electron chi connectivity index (χ2n) is 3.59. The van der Waals surface area contributed by atoms with E-state index in [0.29, 0.717) is 12.0 Å². The third kappa shape index (κ3) is 3.08. The summed E-state index contributed by atoms with van der Waals surface area (Å²) < 4.78 is 0. The minimum absolute atomic E-state index is 0.422. The Kier molecular flexibility index (Phi) is 4.39. The fourth-order valence-electron chi connectivity index (χ4n) is 1.36. The minimum atomic E-state index is 0.422. The van der Waals surface area contributed by atoms with Crippen LogP contribution in [0.5, 0.6) is 0 Å². The van der Waals surface area contributed by atoms with Gasteiger partial charge >= 0.3 is 0 Å². The molecule has 0 radical (unpaired) electrons. The van der Waals surface area contributed by atoms with E-state index in [9.17, 15) is 0 Å². The third-order valence-electron chi connectivity index (χ3n) is 2.05. The first-order chi connectivity index (χ1) is 6.25. The summed E-state index contributed by atoms with van der Waals surface area (Å²) in [6.45, 7) is 7.71. The zero-order valence-electron chi connectivity index (χ0n) is 8.58. The van der Waals surface area contributed by atoms with E-state index in [2.05, 4.69) is 36.5 Å². The molecule has 0 saturated carbocycles. The summed E-state index contributed by atoms with van der Waals surface area (Å²) >= 11 is 1.67. The Labute approximate surface area is 84.4 Å². The maximum absolute atomic E-state index is 4.35. The molecule has 0 spiro atoms. The van der Waals surface area contributed by atoms with Crippen molar-refractivity contribution < 1.29 is 0 Å². The second-order valence-corrected chi connectivity index (χ2v) is 4.31. The maximum atomic E-state index is 4.35. The summed E-state index contributed by atoms with van der Waals surface area (Å²) in [5.41, 5.74) is 3.09. The fraction of sp³-hybridized carbons (Fsp3) is 0.700. The molecule has 0 fully saturated rings. The van der Waals surface area contributed by atoms with E-state index in [4.69, 9.17) is 0 Å². The minimum Gasteiger partial charge on any atom is -0.308 e. The summed E-state index contributed by atoms with van der Waals surface area (Å²) in [4.78, 5) is 4.35. The molecule has 1 atom stereocenters. The van der Waals surface area contributed by atoms with Gasteiger partial charge in [-0.15, -0.1) is 11.3 Å². The zero-order chi connectivity index (χ0) is 9.68. The summed E-state index contributed by atoms with van der Waals surface area (Å²) in [6, 6.07) is 0.422. The van der Waals surface area contributed by atoms with Crippen molar-refractivity contribution in [1.82, 2.24) is 10.3 Å². The van der Waals surface area contributed by atoms with Crippen LogP contribution >= 0.6 is 11.3 Å². The van der Waals surface area contributed by atoms with E-state index in [1.807, 2.05) is 5.51 Å². The molecule has 0 aromatic carbocycles. The number of thiazole rings is 1. The fourth-order valence-corrected chi connectivity index (χ4v) is 1.95. The first-order valence-corrected chi connectivity index (χ1v) is 5.81. The first kappa shape index (κ1) is 10.7. The van der Waals surface area contributed by atoms with E-state index >= 15 is 0 Å². The lowest BCUT2D eigenvalue weighted by atomic mass is 10.0. The monoisotopic (exact) mass is 198 g/mol. The van der Waals surface area contributed by atoms with Crippen molar-refractivity contribution in [2.45, 2.75) is 33.2 Å². The Bertz CT molecular complexity index is 219. The molecule has 3 heteroatoms. The van der Waals surface area contributed by atoms with Gasteiger partial charge in [-0.2, -0.15) is 0 Å². The van der Waals surface area contributed by atoms with Gasteiger partial charge in [0.2, 0.25) is 0 Å². The summed E-state index contributed by atoms with van der Waals surface area (Å²) in [5, 5.41) is 5.65. The molecule has 1 heterocycles. The van der Waals surface area contributed by atoms with Crippen LogP contribution < -0.4 is 5.32 Å². The van der Waals surface area contributed by atoms with Gasteiger partial charge in [-0.25, -0.2) is 4.98 Å². The number of nitrogens with one attached hydrogen (secondary N) is 1. The Morgan fingerprint density at radius 2 is 2.31 bits per heavy atom. The number of aromatic nitrogens is 1. The van der Waals surface area contributed by atoms with Crippen LogP contribution in [-0.4, -0.2) is 11.5 Å². The normalized spacial score (nSPS) is 13.5. The molecule has 0 aliphatic heterocycles. The standard InChI is InChI=1S/C10H18N2S/c1-4-5-11-10(8(2)3)9-6-13-7-12-9/h6-8,10-11H,4-5H2,1-3H3. The molecule has 2 nitrogen and oxygen atoms in total. The number of hydrogen-bond acceptors (Lipinski definition) is 3. The topological polar surface area (TPSA) is 24.9 Å². The Balaban J connectivity index is 2.58. The molecular weight excluding hydrogens is 180 g/mol. The van der Waals surface area contributed by atoms with Gasteiger partial charge in [0.25, 0.3) is 0 Å². The highest BCUT2D eigenvalue weighted by Crippen LogP contribution is 2.20. The van der Waals surface area contributed by atoms with E-state index in [1.54, 1.807) is 11.3 Å². The molecule has 13 heavy (non-hydrogen) atoms. The van der Waals surface area contributed by atoms with E-state index in [1.165, 1.54) is 12.1 Å². The molecule has 0 amide bonds. The lowest BCUT2D eigenvalue weighted by Gasteiger charge is -2.20. The maximum Gasteiger partial charge on any atom is 0.0795 e. The van der Waals surface area contributed by atoms with Gasteiger partial charge < -0.3 is 5.32 Å². The van der Waals surface area contributed by atoms with Gasteiger partial charge in [-0.05, 0) is 18.9 Å². The van der Waals surface area contributed by atoms with Crippen LogP contribution in [0.25, 0.3) is 0 Å². The van der Waals surface area contributed by atoms with E-state index in [0.717, 1.165) is 6.54 Å². The van der Waals surface area contributed by atoms with Gasteiger partial charge in [0.1, 0.15) is 0 Å². The molecule has 74 valence electrons. The van der Waals surface area contributed by atoms with Crippen molar-refractivity contribution in [2.24, 2.45) is 5.92 Å². The van der Waals surface area contributed by atoms with Crippen LogP contribution in [0.1, 0.15) is 38.9 Å². The Morgan fingerprint density at radius 3 is 2.77 bits per heavy atom. The van der Waals surface area contributed by atoms with Crippen LogP contribution in [0.3, 0.4) is 0 Å². The highest BCUT2D eigenvalue weighted by Gasteiger charge is 2.15. The van der Waals surface area contributed by atoms with Crippen LogP contribution in [-0.2, 0) is 0 Å². The van der Waals surface area contributed by atoms with Gasteiger partial charge in [0.05, 0.1) is 17.2 Å². The molecule has 1 N–H and O–H groups in total.